The van der Waals surface area contributed by atoms with Crippen molar-refractivity contribution >= 4 is 23.2 Å². The fourth-order valence-electron chi connectivity index (χ4n) is 1.51. The summed E-state index contributed by atoms with van der Waals surface area (Å²) in [6.45, 7) is 7.64. The Balaban J connectivity index is 0.000000771. The van der Waals surface area contributed by atoms with Gasteiger partial charge in [-0.05, 0) is 6.92 Å². The van der Waals surface area contributed by atoms with Crippen molar-refractivity contribution in [1.29, 1.82) is 0 Å². The molecule has 0 atom stereocenters. The number of imidazole rings is 1. The summed E-state index contributed by atoms with van der Waals surface area (Å²) in [5.41, 5.74) is 1.46. The van der Waals surface area contributed by atoms with Crippen LogP contribution in [0.2, 0.25) is 5.15 Å². The average Bonchev–Trinajstić information content (AvgIpc) is 2.80. The first-order valence-electron chi connectivity index (χ1n) is 5.82. The number of carbonyl (C=O) groups is 1. The van der Waals surface area contributed by atoms with Gasteiger partial charge < -0.3 is 5.32 Å². The summed E-state index contributed by atoms with van der Waals surface area (Å²) in [5, 5.41) is 3.07. The molecule has 2 aromatic heterocycles. The largest absolute Gasteiger partial charge is 0.352 e. The van der Waals surface area contributed by atoms with Gasteiger partial charge in [0.25, 0.3) is 0 Å². The lowest BCUT2D eigenvalue weighted by atomic mass is 10.3. The predicted octanol–water partition coefficient (Wildman–Crippen LogP) is 2.35. The van der Waals surface area contributed by atoms with E-state index in [1.54, 1.807) is 6.20 Å². The van der Waals surface area contributed by atoms with Crippen LogP contribution in [0.4, 0.5) is 0 Å². The summed E-state index contributed by atoms with van der Waals surface area (Å²) in [4.78, 5) is 19.3. The van der Waals surface area contributed by atoms with E-state index < -0.39 is 0 Å². The van der Waals surface area contributed by atoms with Gasteiger partial charge in [0, 0.05) is 25.9 Å². The van der Waals surface area contributed by atoms with Gasteiger partial charge in [0.1, 0.15) is 16.6 Å². The van der Waals surface area contributed by atoms with Crippen LogP contribution >= 0.6 is 11.6 Å². The van der Waals surface area contributed by atoms with Gasteiger partial charge in [0.15, 0.2) is 0 Å². The summed E-state index contributed by atoms with van der Waals surface area (Å²) in [5.74, 6) is 0.658. The van der Waals surface area contributed by atoms with E-state index in [2.05, 4.69) is 15.3 Å². The highest BCUT2D eigenvalue weighted by Gasteiger charge is 2.11. The standard InChI is InChI=1S/C10H11ClN4O.C2H6/c1-6-14-9(11)8(5-13-7(2)16)10-12-3-4-15(6)10;1-2/h3-4H,5H2,1-2H3,(H,13,16);1-2H3. The topological polar surface area (TPSA) is 59.3 Å². The van der Waals surface area contributed by atoms with Gasteiger partial charge >= 0.3 is 0 Å². The summed E-state index contributed by atoms with van der Waals surface area (Å²) in [6.07, 6.45) is 3.49. The molecule has 0 aliphatic carbocycles. The molecule has 0 spiro atoms. The quantitative estimate of drug-likeness (QED) is 0.851. The van der Waals surface area contributed by atoms with Crippen LogP contribution in [0.15, 0.2) is 12.4 Å². The van der Waals surface area contributed by atoms with Crippen LogP contribution in [0.25, 0.3) is 5.65 Å². The molecule has 0 unspecified atom stereocenters. The fourth-order valence-corrected chi connectivity index (χ4v) is 1.78. The van der Waals surface area contributed by atoms with Gasteiger partial charge in [-0.3, -0.25) is 9.20 Å². The van der Waals surface area contributed by atoms with Gasteiger partial charge in [-0.25, -0.2) is 9.97 Å². The van der Waals surface area contributed by atoms with Crippen LogP contribution in [0.3, 0.4) is 0 Å². The maximum absolute atomic E-state index is 10.9. The molecule has 2 aromatic rings. The first kappa shape index (κ1) is 14.4. The van der Waals surface area contributed by atoms with E-state index in [4.69, 9.17) is 11.6 Å². The summed E-state index contributed by atoms with van der Waals surface area (Å²) >= 11 is 6.03. The zero-order chi connectivity index (χ0) is 13.7. The molecule has 0 saturated heterocycles. The van der Waals surface area contributed by atoms with Crippen molar-refractivity contribution in [2.75, 3.05) is 0 Å². The summed E-state index contributed by atoms with van der Waals surface area (Å²) < 4.78 is 1.84. The number of halogens is 1. The predicted molar refractivity (Wildman–Crippen MR) is 71.6 cm³/mol. The lowest BCUT2D eigenvalue weighted by molar-refractivity contribution is -0.119. The minimum Gasteiger partial charge on any atom is -0.352 e. The first-order chi connectivity index (χ1) is 8.59. The number of rotatable bonds is 2. The van der Waals surface area contributed by atoms with Gasteiger partial charge in [0.2, 0.25) is 5.91 Å². The highest BCUT2D eigenvalue weighted by Crippen LogP contribution is 2.18. The summed E-state index contributed by atoms with van der Waals surface area (Å²) in [7, 11) is 0. The second-order valence-corrected chi connectivity index (χ2v) is 3.82. The third kappa shape index (κ3) is 2.98. The van der Waals surface area contributed by atoms with Gasteiger partial charge in [-0.2, -0.15) is 0 Å². The van der Waals surface area contributed by atoms with Crippen molar-refractivity contribution < 1.29 is 4.79 Å². The van der Waals surface area contributed by atoms with E-state index in [9.17, 15) is 4.79 Å². The molecule has 2 rings (SSSR count). The van der Waals surface area contributed by atoms with Crippen LogP contribution in [0.1, 0.15) is 32.2 Å². The zero-order valence-electron chi connectivity index (χ0n) is 11.0. The SMILES string of the molecule is CC.CC(=O)NCc1c(Cl)nc(C)n2ccnc12. The molecule has 6 heteroatoms. The normalized spacial score (nSPS) is 9.83. The third-order valence-electron chi connectivity index (χ3n) is 2.28. The smallest absolute Gasteiger partial charge is 0.217 e. The molecule has 0 aliphatic rings. The molecule has 0 aliphatic heterocycles. The molecular weight excluding hydrogens is 252 g/mol. The highest BCUT2D eigenvalue weighted by atomic mass is 35.5. The van der Waals surface area contributed by atoms with Crippen LogP contribution < -0.4 is 5.32 Å². The molecule has 0 aromatic carbocycles. The van der Waals surface area contributed by atoms with E-state index in [0.717, 1.165) is 17.0 Å². The molecule has 0 radical (unpaired) electrons. The van der Waals surface area contributed by atoms with Crippen molar-refractivity contribution in [3.05, 3.63) is 28.9 Å². The number of fused-ring (bicyclic) bond motifs is 1. The molecule has 1 amide bonds. The zero-order valence-corrected chi connectivity index (χ0v) is 11.7. The first-order valence-corrected chi connectivity index (χ1v) is 6.20. The maximum Gasteiger partial charge on any atom is 0.217 e. The molecule has 98 valence electrons. The van der Waals surface area contributed by atoms with Crippen molar-refractivity contribution in [1.82, 2.24) is 19.7 Å². The number of carbonyl (C=O) groups excluding carboxylic acids is 1. The maximum atomic E-state index is 10.9. The van der Waals surface area contributed by atoms with Crippen molar-refractivity contribution in [3.63, 3.8) is 0 Å². The number of aromatic nitrogens is 3. The van der Waals surface area contributed by atoms with Crippen LogP contribution in [0, 0.1) is 6.92 Å². The lowest BCUT2D eigenvalue weighted by Crippen LogP contribution is -2.20. The van der Waals surface area contributed by atoms with Crippen molar-refractivity contribution in [2.45, 2.75) is 34.2 Å². The van der Waals surface area contributed by atoms with Gasteiger partial charge in [0.05, 0.1) is 5.56 Å². The second-order valence-electron chi connectivity index (χ2n) is 3.46. The Bertz CT molecular complexity index is 550. The number of aryl methyl sites for hydroxylation is 1. The van der Waals surface area contributed by atoms with E-state index in [-0.39, 0.29) is 5.91 Å². The van der Waals surface area contributed by atoms with Gasteiger partial charge in [-0.15, -0.1) is 0 Å². The molecule has 5 nitrogen and oxygen atoms in total. The Morgan fingerprint density at radius 3 is 2.78 bits per heavy atom. The minimum atomic E-state index is -0.110. The second kappa shape index (κ2) is 6.35. The van der Waals surface area contributed by atoms with Crippen molar-refractivity contribution in [2.24, 2.45) is 0 Å². The average molecular weight is 269 g/mol. The third-order valence-corrected chi connectivity index (χ3v) is 2.60. The molecule has 2 heterocycles. The monoisotopic (exact) mass is 268 g/mol. The van der Waals surface area contributed by atoms with E-state index >= 15 is 0 Å². The van der Waals surface area contributed by atoms with Crippen LogP contribution in [-0.2, 0) is 11.3 Å². The fraction of sp³-hybridized carbons (Fsp3) is 0.417. The van der Waals surface area contributed by atoms with Crippen LogP contribution in [0.5, 0.6) is 0 Å². The Morgan fingerprint density at radius 1 is 1.50 bits per heavy atom. The molecule has 1 N–H and O–H groups in total. The molecule has 0 fully saturated rings. The van der Waals surface area contributed by atoms with Gasteiger partial charge in [-0.1, -0.05) is 25.4 Å². The lowest BCUT2D eigenvalue weighted by Gasteiger charge is -2.08. The molecular formula is C12H17ClN4O. The molecule has 0 saturated carbocycles. The van der Waals surface area contributed by atoms with E-state index in [0.29, 0.717) is 11.7 Å². The molecule has 18 heavy (non-hydrogen) atoms. The Morgan fingerprint density at radius 2 is 2.17 bits per heavy atom. The van der Waals surface area contributed by atoms with Crippen molar-refractivity contribution in [3.8, 4) is 0 Å². The van der Waals surface area contributed by atoms with E-state index in [1.165, 1.54) is 6.92 Å². The summed E-state index contributed by atoms with van der Waals surface area (Å²) in [6, 6.07) is 0. The Kier molecular flexibility index (Phi) is 5.09. The minimum absolute atomic E-state index is 0.110. The Labute approximate surface area is 111 Å². The number of nitrogens with one attached hydrogen (secondary N) is 1. The number of nitrogens with zero attached hydrogens (tertiary/aromatic N) is 3. The number of amides is 1. The Hall–Kier alpha value is -1.62. The highest BCUT2D eigenvalue weighted by molar-refractivity contribution is 6.30. The number of hydrogen-bond acceptors (Lipinski definition) is 3. The molecule has 0 bridgehead atoms. The van der Waals surface area contributed by atoms with E-state index in [1.807, 2.05) is 31.4 Å². The number of hydrogen-bond donors (Lipinski definition) is 1. The van der Waals surface area contributed by atoms with Crippen LogP contribution in [-0.4, -0.2) is 20.3 Å².